The van der Waals surface area contributed by atoms with Crippen LogP contribution in [0.3, 0.4) is 0 Å². The number of phenols is 3. The Bertz CT molecular complexity index is 1680. The van der Waals surface area contributed by atoms with Gasteiger partial charge in [-0.3, -0.25) is 4.79 Å². The third kappa shape index (κ3) is 6.39. The molecule has 0 unspecified atom stereocenters. The molecule has 0 amide bonds. The summed E-state index contributed by atoms with van der Waals surface area (Å²) >= 11 is 0. The van der Waals surface area contributed by atoms with Gasteiger partial charge in [0.05, 0.1) is 0 Å². The number of esters is 1. The second kappa shape index (κ2) is 12.0. The monoisotopic (exact) mass is 593 g/mol. The minimum atomic E-state index is -1.80. The van der Waals surface area contributed by atoms with Crippen LogP contribution in [-0.2, 0) is 14.3 Å². The molecule has 224 valence electrons. The van der Waals surface area contributed by atoms with Crippen molar-refractivity contribution in [2.45, 2.75) is 30.7 Å². The highest BCUT2D eigenvalue weighted by atomic mass is 16.7. The first kappa shape index (κ1) is 29.4. The average molecular weight is 594 g/mol. The Morgan fingerprint density at radius 1 is 0.907 bits per heavy atom. The Morgan fingerprint density at radius 3 is 2.37 bits per heavy atom. The summed E-state index contributed by atoms with van der Waals surface area (Å²) < 4.78 is 22.4. The second-order valence-electron chi connectivity index (χ2n) is 9.66. The maximum atomic E-state index is 12.5. The van der Waals surface area contributed by atoms with Gasteiger partial charge in [-0.05, 0) is 60.2 Å². The van der Waals surface area contributed by atoms with E-state index < -0.39 is 54.5 Å². The largest absolute Gasteiger partial charge is 0.872 e. The molecule has 0 saturated carbocycles. The number of benzene rings is 3. The number of aliphatic hydroxyl groups excluding tert-OH is 3. The molecule has 2 aromatic carbocycles. The molecule has 1 saturated heterocycles. The highest BCUT2D eigenvalue weighted by molar-refractivity contribution is 5.87. The molecule has 1 aliphatic carbocycles. The van der Waals surface area contributed by atoms with Crippen LogP contribution in [0.15, 0.2) is 76.0 Å². The van der Waals surface area contributed by atoms with Crippen LogP contribution >= 0.6 is 0 Å². The molecule has 0 radical (unpaired) electrons. The number of phenolic OH excluding ortho intramolecular Hbond substituents is 3. The number of aromatic hydroxyl groups is 3. The topological polar surface area (TPSA) is 219 Å². The highest BCUT2D eigenvalue weighted by Crippen LogP contribution is 2.41. The summed E-state index contributed by atoms with van der Waals surface area (Å²) in [6.45, 7) is -0.571. The number of carbonyl (C=O) groups is 1. The van der Waals surface area contributed by atoms with Gasteiger partial charge in [-0.25, -0.2) is 4.79 Å². The summed E-state index contributed by atoms with van der Waals surface area (Å²) in [5.41, 5.74) is 0.125. The molecule has 5 rings (SSSR count). The van der Waals surface area contributed by atoms with E-state index in [4.69, 9.17) is 18.6 Å². The van der Waals surface area contributed by atoms with E-state index >= 15 is 0 Å². The highest BCUT2D eigenvalue weighted by Gasteiger charge is 2.46. The van der Waals surface area contributed by atoms with E-state index in [1.807, 2.05) is 0 Å². The van der Waals surface area contributed by atoms with Gasteiger partial charge < -0.3 is 54.4 Å². The average Bonchev–Trinajstić information content (AvgIpc) is 2.97. The van der Waals surface area contributed by atoms with Crippen molar-refractivity contribution in [2.24, 2.45) is 0 Å². The summed E-state index contributed by atoms with van der Waals surface area (Å²) in [5, 5.41) is 72.7. The molecule has 13 heteroatoms. The summed E-state index contributed by atoms with van der Waals surface area (Å²) in [7, 11) is 0. The molecule has 13 nitrogen and oxygen atoms in total. The Hall–Kier alpha value is -5.08. The minimum Gasteiger partial charge on any atom is -0.872 e. The lowest BCUT2D eigenvalue weighted by Crippen LogP contribution is -2.60. The number of hydrogen-bond acceptors (Lipinski definition) is 13. The van der Waals surface area contributed by atoms with Gasteiger partial charge in [0, 0.05) is 23.3 Å². The summed E-state index contributed by atoms with van der Waals surface area (Å²) in [4.78, 5) is 24.2. The van der Waals surface area contributed by atoms with Crippen LogP contribution in [0.5, 0.6) is 28.7 Å². The van der Waals surface area contributed by atoms with Crippen LogP contribution in [0.4, 0.5) is 0 Å². The van der Waals surface area contributed by atoms with E-state index in [1.54, 1.807) is 0 Å². The number of fused-ring (bicyclic) bond motifs is 1. The molecule has 0 spiro atoms. The Labute approximate surface area is 242 Å². The first-order chi connectivity index (χ1) is 20.5. The van der Waals surface area contributed by atoms with Gasteiger partial charge >= 0.3 is 5.97 Å². The maximum absolute atomic E-state index is 12.5. The van der Waals surface area contributed by atoms with Gasteiger partial charge in [-0.15, -0.1) is 0 Å². The fourth-order valence-electron chi connectivity index (χ4n) is 4.36. The molecule has 0 bridgehead atoms. The third-order valence-electron chi connectivity index (χ3n) is 6.63. The number of carbonyl (C=O) groups excluding carboxylic acids is 1. The first-order valence-corrected chi connectivity index (χ1v) is 12.8. The predicted molar refractivity (Wildman–Crippen MR) is 145 cm³/mol. The lowest BCUT2D eigenvalue weighted by atomic mass is 9.99. The fraction of sp³-hybridized carbons (Fsp3) is 0.200. The molecule has 0 aromatic heterocycles. The van der Waals surface area contributed by atoms with Gasteiger partial charge in [0.2, 0.25) is 6.29 Å². The van der Waals surface area contributed by atoms with Gasteiger partial charge in [-0.2, -0.15) is 0 Å². The zero-order valence-corrected chi connectivity index (χ0v) is 22.1. The molecule has 5 atom stereocenters. The van der Waals surface area contributed by atoms with Gasteiger partial charge in [-0.1, -0.05) is 11.8 Å². The van der Waals surface area contributed by atoms with Crippen molar-refractivity contribution in [3.8, 4) is 51.4 Å². The van der Waals surface area contributed by atoms with Crippen molar-refractivity contribution in [1.29, 1.82) is 0 Å². The van der Waals surface area contributed by atoms with Crippen molar-refractivity contribution in [2.75, 3.05) is 6.61 Å². The SMILES string of the molecule is O=C(/C=C/c1ccc(O)c(O)c1)OC[C@H]1O[C@@H](Oc2cc3c([O-])cc(=O)cc-3oc2-c2ccc(O)cc2)[C@H](O)[C@@H](O)[C@@H]1O. The molecule has 1 fully saturated rings. The first-order valence-electron chi connectivity index (χ1n) is 12.8. The zero-order valence-electron chi connectivity index (χ0n) is 22.1. The van der Waals surface area contributed by atoms with E-state index in [9.17, 15) is 45.3 Å². The molecule has 6 N–H and O–H groups in total. The van der Waals surface area contributed by atoms with E-state index in [2.05, 4.69) is 0 Å². The molecule has 2 heterocycles. The minimum absolute atomic E-state index is 0.0118. The molecular weight excluding hydrogens is 568 g/mol. The predicted octanol–water partition coefficient (Wildman–Crippen LogP) is 1.04. The summed E-state index contributed by atoms with van der Waals surface area (Å²) in [5.74, 6) is -2.50. The molecule has 43 heavy (non-hydrogen) atoms. The second-order valence-corrected chi connectivity index (χ2v) is 9.66. The van der Waals surface area contributed by atoms with Crippen molar-refractivity contribution < 1.29 is 59.2 Å². The van der Waals surface area contributed by atoms with Crippen molar-refractivity contribution in [3.63, 3.8) is 0 Å². The van der Waals surface area contributed by atoms with Crippen LogP contribution in [0.2, 0.25) is 0 Å². The van der Waals surface area contributed by atoms with Crippen LogP contribution in [0, 0.1) is 0 Å². The number of ether oxygens (including phenoxy) is 3. The van der Waals surface area contributed by atoms with Crippen LogP contribution in [0.1, 0.15) is 5.56 Å². The van der Waals surface area contributed by atoms with Crippen molar-refractivity contribution in [3.05, 3.63) is 82.5 Å². The van der Waals surface area contributed by atoms with E-state index in [0.717, 1.165) is 18.2 Å². The van der Waals surface area contributed by atoms with Crippen LogP contribution < -0.4 is 15.3 Å². The van der Waals surface area contributed by atoms with Crippen molar-refractivity contribution >= 4 is 12.0 Å². The lowest BCUT2D eigenvalue weighted by molar-refractivity contribution is -0.278. The van der Waals surface area contributed by atoms with Crippen LogP contribution in [-0.4, -0.2) is 73.9 Å². The standard InChI is InChI=1S/C30H26O13/c31-16-5-3-15(4-6-16)29-23(12-18-20(34)10-17(32)11-22(18)41-29)42-30-28(39)27(38)26(37)24(43-30)13-40-25(36)8-2-14-1-7-19(33)21(35)9-14/h1-12,24,26-28,30-31,33-35,37-39H,13H2/p-1/b8-2+/t24-,26-,27+,28-,30-/m1/s1. The normalized spacial score (nSPS) is 22.1. The van der Waals surface area contributed by atoms with Crippen molar-refractivity contribution in [1.82, 2.24) is 0 Å². The lowest BCUT2D eigenvalue weighted by Gasteiger charge is -2.40. The molecule has 3 aliphatic rings. The molecule has 2 aromatic rings. The zero-order chi connectivity index (χ0) is 30.8. The van der Waals surface area contributed by atoms with Gasteiger partial charge in [0.1, 0.15) is 42.5 Å². The Balaban J connectivity index is 1.37. The number of aliphatic hydroxyl groups is 3. The summed E-state index contributed by atoms with van der Waals surface area (Å²) in [6, 6.07) is 12.8. The Morgan fingerprint density at radius 2 is 1.65 bits per heavy atom. The third-order valence-corrected chi connectivity index (χ3v) is 6.63. The van der Waals surface area contributed by atoms with E-state index in [1.165, 1.54) is 54.6 Å². The number of rotatable bonds is 7. The number of hydrogen-bond donors (Lipinski definition) is 6. The maximum Gasteiger partial charge on any atom is 0.330 e. The quantitative estimate of drug-likeness (QED) is 0.100. The van der Waals surface area contributed by atoms with E-state index in [0.29, 0.717) is 11.1 Å². The smallest absolute Gasteiger partial charge is 0.330 e. The molecule has 2 aliphatic heterocycles. The summed E-state index contributed by atoms with van der Waals surface area (Å²) in [6.07, 6.45) is -6.00. The van der Waals surface area contributed by atoms with Crippen LogP contribution in [0.25, 0.3) is 28.7 Å². The fourth-order valence-corrected chi connectivity index (χ4v) is 4.36. The van der Waals surface area contributed by atoms with Gasteiger partial charge in [0.15, 0.2) is 28.4 Å². The van der Waals surface area contributed by atoms with E-state index in [-0.39, 0.29) is 40.1 Å². The van der Waals surface area contributed by atoms with Gasteiger partial charge in [0.25, 0.3) is 0 Å². The molecular formula is C30H25O13-. The Kier molecular flexibility index (Phi) is 8.23.